The molecular formula is C14H13N3S2. The van der Waals surface area contributed by atoms with Crippen LogP contribution in [0.15, 0.2) is 46.9 Å². The molecule has 2 heterocycles. The van der Waals surface area contributed by atoms with Crippen molar-refractivity contribution in [1.82, 2.24) is 9.97 Å². The first-order chi connectivity index (χ1) is 9.24. The molecule has 1 aromatic carbocycles. The zero-order chi connectivity index (χ0) is 13.2. The van der Waals surface area contributed by atoms with Gasteiger partial charge in [0.1, 0.15) is 10.6 Å². The topological polar surface area (TPSA) is 51.8 Å². The Morgan fingerprint density at radius 3 is 2.74 bits per heavy atom. The number of anilines is 1. The first kappa shape index (κ1) is 12.4. The van der Waals surface area contributed by atoms with E-state index in [-0.39, 0.29) is 0 Å². The molecule has 5 heteroatoms. The van der Waals surface area contributed by atoms with Gasteiger partial charge < -0.3 is 5.73 Å². The minimum atomic E-state index is 0.304. The number of rotatable bonds is 3. The highest BCUT2D eigenvalue weighted by Crippen LogP contribution is 2.34. The first-order valence-corrected chi connectivity index (χ1v) is 7.72. The van der Waals surface area contributed by atoms with E-state index in [1.54, 1.807) is 23.1 Å². The van der Waals surface area contributed by atoms with Crippen LogP contribution in [0.5, 0.6) is 0 Å². The molecule has 19 heavy (non-hydrogen) atoms. The number of nitrogens with two attached hydrogens (primary N) is 1. The number of thiophene rings is 1. The lowest BCUT2D eigenvalue weighted by Crippen LogP contribution is -1.96. The van der Waals surface area contributed by atoms with E-state index in [1.807, 2.05) is 29.6 Å². The molecule has 2 N–H and O–H groups in total. The molecule has 0 saturated heterocycles. The van der Waals surface area contributed by atoms with Crippen LogP contribution < -0.4 is 5.73 Å². The van der Waals surface area contributed by atoms with Crippen molar-refractivity contribution in [1.29, 1.82) is 0 Å². The molecule has 3 rings (SSSR count). The molecule has 0 bridgehead atoms. The number of fused-ring (bicyclic) bond motifs is 1. The Morgan fingerprint density at radius 2 is 1.95 bits per heavy atom. The summed E-state index contributed by atoms with van der Waals surface area (Å²) in [4.78, 5) is 9.88. The average Bonchev–Trinajstić information content (AvgIpc) is 2.88. The maximum atomic E-state index is 5.96. The Kier molecular flexibility index (Phi) is 3.40. The third kappa shape index (κ3) is 2.57. The zero-order valence-corrected chi connectivity index (χ0v) is 12.0. The molecule has 96 valence electrons. The largest absolute Gasteiger partial charge is 0.383 e. The van der Waals surface area contributed by atoms with Crippen LogP contribution in [0.1, 0.15) is 17.7 Å². The second kappa shape index (κ2) is 5.19. The van der Waals surface area contributed by atoms with Crippen LogP contribution in [0.2, 0.25) is 0 Å². The molecule has 3 aromatic rings. The number of nitrogen functional groups attached to an aromatic ring is 1. The molecule has 0 radical (unpaired) electrons. The molecular weight excluding hydrogens is 274 g/mol. The second-order valence-electron chi connectivity index (χ2n) is 4.20. The highest BCUT2D eigenvalue weighted by molar-refractivity contribution is 7.99. The van der Waals surface area contributed by atoms with Crippen LogP contribution in [0, 0.1) is 0 Å². The Hall–Kier alpha value is -1.59. The van der Waals surface area contributed by atoms with Gasteiger partial charge in [0.2, 0.25) is 0 Å². The van der Waals surface area contributed by atoms with Crippen LogP contribution >= 0.6 is 23.1 Å². The number of benzene rings is 1. The highest BCUT2D eigenvalue weighted by Gasteiger charge is 2.12. The van der Waals surface area contributed by atoms with Gasteiger partial charge >= 0.3 is 0 Å². The van der Waals surface area contributed by atoms with Crippen molar-refractivity contribution >= 4 is 39.1 Å². The van der Waals surface area contributed by atoms with E-state index in [0.717, 1.165) is 15.4 Å². The lowest BCUT2D eigenvalue weighted by Gasteiger charge is -2.10. The molecule has 2 aromatic heterocycles. The molecule has 0 aliphatic carbocycles. The summed E-state index contributed by atoms with van der Waals surface area (Å²) < 4.78 is 0. The number of hydrogen-bond acceptors (Lipinski definition) is 5. The predicted octanol–water partition coefficient (Wildman–Crippen LogP) is 4.13. The summed E-state index contributed by atoms with van der Waals surface area (Å²) >= 11 is 3.23. The minimum absolute atomic E-state index is 0.304. The van der Waals surface area contributed by atoms with Crippen LogP contribution in [0.3, 0.4) is 0 Å². The summed E-state index contributed by atoms with van der Waals surface area (Å²) in [6, 6.07) is 12.3. The molecule has 0 amide bonds. The summed E-state index contributed by atoms with van der Waals surface area (Å²) in [7, 11) is 0. The zero-order valence-electron chi connectivity index (χ0n) is 10.4. The van der Waals surface area contributed by atoms with Crippen molar-refractivity contribution in [2.45, 2.75) is 17.3 Å². The number of hydrogen-bond donors (Lipinski definition) is 1. The van der Waals surface area contributed by atoms with Gasteiger partial charge in [-0.2, -0.15) is 0 Å². The van der Waals surface area contributed by atoms with Crippen LogP contribution in [-0.4, -0.2) is 9.97 Å². The lowest BCUT2D eigenvalue weighted by molar-refractivity contribution is 0.993. The van der Waals surface area contributed by atoms with Gasteiger partial charge in [0, 0.05) is 5.25 Å². The SMILES string of the molecule is CC(Sc1nc(N)c2ccsc2n1)c1ccccc1. The van der Waals surface area contributed by atoms with Gasteiger partial charge in [-0.1, -0.05) is 42.1 Å². The Balaban J connectivity index is 1.89. The van der Waals surface area contributed by atoms with E-state index in [9.17, 15) is 0 Å². The predicted molar refractivity (Wildman–Crippen MR) is 82.5 cm³/mol. The Labute approximate surface area is 119 Å². The molecule has 0 aliphatic rings. The first-order valence-electron chi connectivity index (χ1n) is 5.96. The van der Waals surface area contributed by atoms with Crippen LogP contribution in [0.4, 0.5) is 5.82 Å². The smallest absolute Gasteiger partial charge is 0.191 e. The number of thioether (sulfide) groups is 1. The summed E-state index contributed by atoms with van der Waals surface area (Å²) in [6.45, 7) is 2.15. The normalized spacial score (nSPS) is 12.7. The molecule has 0 aliphatic heterocycles. The van der Waals surface area contributed by atoms with E-state index >= 15 is 0 Å². The average molecular weight is 287 g/mol. The minimum Gasteiger partial charge on any atom is -0.383 e. The van der Waals surface area contributed by atoms with Crippen LogP contribution in [0.25, 0.3) is 10.2 Å². The monoisotopic (exact) mass is 287 g/mol. The van der Waals surface area contributed by atoms with E-state index < -0.39 is 0 Å². The van der Waals surface area contributed by atoms with E-state index in [2.05, 4.69) is 29.0 Å². The molecule has 0 fully saturated rings. The number of nitrogens with zero attached hydrogens (tertiary/aromatic N) is 2. The van der Waals surface area contributed by atoms with E-state index in [4.69, 9.17) is 5.73 Å². The summed E-state index contributed by atoms with van der Waals surface area (Å²) in [6.07, 6.45) is 0. The molecule has 3 nitrogen and oxygen atoms in total. The van der Waals surface area contributed by atoms with Gasteiger partial charge in [-0.3, -0.25) is 0 Å². The van der Waals surface area contributed by atoms with Crippen molar-refractivity contribution in [3.63, 3.8) is 0 Å². The summed E-state index contributed by atoms with van der Waals surface area (Å²) in [5, 5.41) is 3.98. The molecule has 1 atom stereocenters. The lowest BCUT2D eigenvalue weighted by atomic mass is 10.2. The van der Waals surface area contributed by atoms with Crippen molar-refractivity contribution in [2.24, 2.45) is 0 Å². The highest BCUT2D eigenvalue weighted by atomic mass is 32.2. The second-order valence-corrected chi connectivity index (χ2v) is 6.40. The van der Waals surface area contributed by atoms with Gasteiger partial charge in [0.15, 0.2) is 5.16 Å². The standard InChI is InChI=1S/C14H13N3S2/c1-9(10-5-3-2-4-6-10)19-14-16-12(15)11-7-8-18-13(11)17-14/h2-9H,1H3,(H2,15,16,17). The van der Waals surface area contributed by atoms with Gasteiger partial charge in [0.05, 0.1) is 5.39 Å². The van der Waals surface area contributed by atoms with Gasteiger partial charge in [-0.25, -0.2) is 9.97 Å². The maximum Gasteiger partial charge on any atom is 0.191 e. The summed E-state index contributed by atoms with van der Waals surface area (Å²) in [5.74, 6) is 0.564. The third-order valence-corrected chi connectivity index (χ3v) is 4.71. The Morgan fingerprint density at radius 1 is 1.16 bits per heavy atom. The van der Waals surface area contributed by atoms with Gasteiger partial charge in [-0.15, -0.1) is 11.3 Å². The number of aromatic nitrogens is 2. The molecule has 0 saturated carbocycles. The van der Waals surface area contributed by atoms with Gasteiger partial charge in [0.25, 0.3) is 0 Å². The van der Waals surface area contributed by atoms with E-state index in [0.29, 0.717) is 11.1 Å². The quantitative estimate of drug-likeness (QED) is 0.581. The van der Waals surface area contributed by atoms with Crippen molar-refractivity contribution in [3.8, 4) is 0 Å². The summed E-state index contributed by atoms with van der Waals surface area (Å²) in [5.41, 5.74) is 7.22. The van der Waals surface area contributed by atoms with Gasteiger partial charge in [-0.05, 0) is 23.9 Å². The van der Waals surface area contributed by atoms with Crippen molar-refractivity contribution in [3.05, 3.63) is 47.3 Å². The maximum absolute atomic E-state index is 5.96. The van der Waals surface area contributed by atoms with E-state index in [1.165, 1.54) is 5.56 Å². The molecule has 0 spiro atoms. The third-order valence-electron chi connectivity index (χ3n) is 2.89. The van der Waals surface area contributed by atoms with Crippen LogP contribution in [-0.2, 0) is 0 Å². The van der Waals surface area contributed by atoms with Crippen molar-refractivity contribution in [2.75, 3.05) is 5.73 Å². The fraction of sp³-hybridized carbons (Fsp3) is 0.143. The fourth-order valence-electron chi connectivity index (χ4n) is 1.86. The molecule has 1 unspecified atom stereocenters. The Bertz CT molecular complexity index is 694. The fourth-order valence-corrected chi connectivity index (χ4v) is 3.59. The van der Waals surface area contributed by atoms with Crippen molar-refractivity contribution < 1.29 is 0 Å².